The molecular formula is C18H11Cl2N3O4. The van der Waals surface area contributed by atoms with Gasteiger partial charge >= 0.3 is 0 Å². The fourth-order valence-electron chi connectivity index (χ4n) is 3.11. The van der Waals surface area contributed by atoms with Crippen molar-refractivity contribution in [2.45, 2.75) is 13.5 Å². The summed E-state index contributed by atoms with van der Waals surface area (Å²) >= 11 is 11.8. The van der Waals surface area contributed by atoms with E-state index in [4.69, 9.17) is 23.2 Å². The van der Waals surface area contributed by atoms with Crippen LogP contribution in [-0.4, -0.2) is 14.5 Å². The lowest BCUT2D eigenvalue weighted by Crippen LogP contribution is -2.27. The smallest absolute Gasteiger partial charge is 0.266 e. The molecule has 0 fully saturated rings. The molecule has 0 radical (unpaired) electrons. The molecule has 136 valence electrons. The number of nitrogens with zero attached hydrogens (tertiary/aromatic N) is 1. The molecule has 0 saturated heterocycles. The zero-order valence-corrected chi connectivity index (χ0v) is 15.4. The van der Waals surface area contributed by atoms with Gasteiger partial charge in [-0.15, -0.1) is 0 Å². The molecule has 0 atom stereocenters. The Morgan fingerprint density at radius 3 is 2.19 bits per heavy atom. The fraction of sp³-hybridized carbons (Fsp3) is 0.111. The predicted molar refractivity (Wildman–Crippen MR) is 105 cm³/mol. The van der Waals surface area contributed by atoms with Gasteiger partial charge in [-0.2, -0.15) is 0 Å². The molecule has 7 nitrogen and oxygen atoms in total. The quantitative estimate of drug-likeness (QED) is 0.533. The molecule has 2 aromatic carbocycles. The van der Waals surface area contributed by atoms with Gasteiger partial charge in [0.15, 0.2) is 0 Å². The summed E-state index contributed by atoms with van der Waals surface area (Å²) in [5.41, 5.74) is -1.92. The highest BCUT2D eigenvalue weighted by Crippen LogP contribution is 2.22. The SMILES string of the molecule is Cc1c[nH]c2c(=O)c3c(=O)n(Cc4ccc(Cl)c(Cl)c4)c(=O)c3c(=O)c2[nH]1. The fourth-order valence-corrected chi connectivity index (χ4v) is 3.43. The molecule has 27 heavy (non-hydrogen) atoms. The largest absolute Gasteiger partial charge is 0.355 e. The van der Waals surface area contributed by atoms with Crippen LogP contribution in [0.4, 0.5) is 0 Å². The van der Waals surface area contributed by atoms with E-state index in [0.717, 1.165) is 4.57 Å². The van der Waals surface area contributed by atoms with Crippen LogP contribution >= 0.6 is 23.2 Å². The Morgan fingerprint density at radius 1 is 0.926 bits per heavy atom. The third-order valence-corrected chi connectivity index (χ3v) is 5.15. The average Bonchev–Trinajstić information content (AvgIpc) is 2.88. The number of nitrogens with one attached hydrogen (secondary N) is 2. The normalized spacial score (nSPS) is 11.5. The van der Waals surface area contributed by atoms with Gasteiger partial charge in [-0.05, 0) is 24.6 Å². The molecule has 4 aromatic rings. The van der Waals surface area contributed by atoms with Gasteiger partial charge in [0.05, 0.1) is 16.6 Å². The molecule has 9 heteroatoms. The number of H-pyrrole nitrogens is 2. The predicted octanol–water partition coefficient (Wildman–Crippen LogP) is 1.99. The van der Waals surface area contributed by atoms with Crippen LogP contribution in [0.2, 0.25) is 10.0 Å². The van der Waals surface area contributed by atoms with Gasteiger partial charge in [0, 0.05) is 11.9 Å². The maximum absolute atomic E-state index is 12.7. The van der Waals surface area contributed by atoms with Crippen LogP contribution in [0, 0.1) is 6.92 Å². The highest BCUT2D eigenvalue weighted by Gasteiger charge is 2.22. The van der Waals surface area contributed by atoms with Crippen molar-refractivity contribution in [1.29, 1.82) is 0 Å². The Kier molecular flexibility index (Phi) is 3.94. The molecule has 0 aliphatic carbocycles. The second kappa shape index (κ2) is 6.07. The molecule has 0 amide bonds. The summed E-state index contributed by atoms with van der Waals surface area (Å²) in [5.74, 6) is 0. The van der Waals surface area contributed by atoms with Crippen LogP contribution in [0.1, 0.15) is 11.3 Å². The number of fused-ring (bicyclic) bond motifs is 2. The molecular weight excluding hydrogens is 393 g/mol. The number of aromatic amines is 2. The summed E-state index contributed by atoms with van der Waals surface area (Å²) in [6, 6.07) is 4.66. The maximum atomic E-state index is 12.7. The topological polar surface area (TPSA) is 105 Å². The van der Waals surface area contributed by atoms with Crippen molar-refractivity contribution in [2.75, 3.05) is 0 Å². The van der Waals surface area contributed by atoms with Crippen molar-refractivity contribution >= 4 is 45.0 Å². The molecule has 0 unspecified atom stereocenters. The van der Waals surface area contributed by atoms with Gasteiger partial charge < -0.3 is 9.97 Å². The first-order valence-corrected chi connectivity index (χ1v) is 8.63. The van der Waals surface area contributed by atoms with E-state index < -0.39 is 32.7 Å². The Bertz CT molecular complexity index is 1470. The van der Waals surface area contributed by atoms with Crippen LogP contribution in [-0.2, 0) is 6.54 Å². The standard InChI is InChI=1S/C18H11Cl2N3O4/c1-7-5-21-13-14(22-7)16(25)12-11(15(13)24)17(26)23(18(12)27)6-8-2-3-9(19)10(20)4-8/h2-5,21-22H,6H2,1H3. The van der Waals surface area contributed by atoms with Crippen LogP contribution in [0.25, 0.3) is 21.8 Å². The third-order valence-electron chi connectivity index (χ3n) is 4.41. The van der Waals surface area contributed by atoms with E-state index in [1.807, 2.05) is 0 Å². The van der Waals surface area contributed by atoms with E-state index in [9.17, 15) is 19.2 Å². The summed E-state index contributed by atoms with van der Waals surface area (Å²) in [6.45, 7) is 1.56. The van der Waals surface area contributed by atoms with Crippen molar-refractivity contribution in [3.05, 3.63) is 86.9 Å². The summed E-state index contributed by atoms with van der Waals surface area (Å²) in [7, 11) is 0. The lowest BCUT2D eigenvalue weighted by Gasteiger charge is -2.03. The third kappa shape index (κ3) is 2.58. The zero-order valence-electron chi connectivity index (χ0n) is 13.9. The first kappa shape index (κ1) is 17.5. The van der Waals surface area contributed by atoms with Crippen LogP contribution in [0.15, 0.2) is 43.6 Å². The number of aryl methyl sites for hydroxylation is 1. The second-order valence-corrected chi connectivity index (χ2v) is 7.01. The van der Waals surface area contributed by atoms with Crippen LogP contribution < -0.4 is 22.0 Å². The number of halogens is 2. The summed E-state index contributed by atoms with van der Waals surface area (Å²) in [4.78, 5) is 56.4. The molecule has 0 aliphatic rings. The van der Waals surface area contributed by atoms with E-state index in [1.54, 1.807) is 13.0 Å². The molecule has 0 bridgehead atoms. The van der Waals surface area contributed by atoms with Gasteiger partial charge in [-0.3, -0.25) is 23.7 Å². The minimum atomic E-state index is -0.806. The van der Waals surface area contributed by atoms with Crippen LogP contribution in [0.5, 0.6) is 0 Å². The summed E-state index contributed by atoms with van der Waals surface area (Å²) in [6.07, 6.45) is 1.50. The number of hydrogen-bond donors (Lipinski definition) is 2. The Labute approximate surface area is 160 Å². The first-order valence-electron chi connectivity index (χ1n) is 7.88. The minimum absolute atomic E-state index is 0.0312. The Hall–Kier alpha value is -2.90. The molecule has 0 aliphatic heterocycles. The number of benzene rings is 2. The van der Waals surface area contributed by atoms with E-state index in [1.165, 1.54) is 18.3 Å². The van der Waals surface area contributed by atoms with E-state index in [0.29, 0.717) is 16.3 Å². The second-order valence-electron chi connectivity index (χ2n) is 6.20. The van der Waals surface area contributed by atoms with Gasteiger partial charge in [0.1, 0.15) is 21.8 Å². The molecule has 2 heterocycles. The van der Waals surface area contributed by atoms with Crippen molar-refractivity contribution in [3.63, 3.8) is 0 Å². The van der Waals surface area contributed by atoms with Gasteiger partial charge in [-0.1, -0.05) is 29.3 Å². The van der Waals surface area contributed by atoms with Gasteiger partial charge in [0.25, 0.3) is 11.1 Å². The number of rotatable bonds is 2. The molecule has 0 saturated carbocycles. The van der Waals surface area contributed by atoms with Gasteiger partial charge in [-0.25, -0.2) is 0 Å². The van der Waals surface area contributed by atoms with Crippen molar-refractivity contribution < 1.29 is 0 Å². The number of aromatic nitrogens is 3. The lowest BCUT2D eigenvalue weighted by atomic mass is 10.1. The highest BCUT2D eigenvalue weighted by atomic mass is 35.5. The van der Waals surface area contributed by atoms with Crippen LogP contribution in [0.3, 0.4) is 0 Å². The molecule has 2 aromatic heterocycles. The first-order chi connectivity index (χ1) is 12.8. The van der Waals surface area contributed by atoms with E-state index >= 15 is 0 Å². The van der Waals surface area contributed by atoms with Crippen molar-refractivity contribution in [3.8, 4) is 0 Å². The molecule has 0 spiro atoms. The number of hydrogen-bond acceptors (Lipinski definition) is 4. The minimum Gasteiger partial charge on any atom is -0.355 e. The Morgan fingerprint density at radius 2 is 1.56 bits per heavy atom. The zero-order chi connectivity index (χ0) is 19.5. The van der Waals surface area contributed by atoms with E-state index in [2.05, 4.69) is 9.97 Å². The maximum Gasteiger partial charge on any atom is 0.266 e. The molecule has 2 N–H and O–H groups in total. The Balaban J connectivity index is 2.07. The summed E-state index contributed by atoms with van der Waals surface area (Å²) < 4.78 is 0.860. The summed E-state index contributed by atoms with van der Waals surface area (Å²) in [5, 5.41) is -0.219. The molecule has 4 rings (SSSR count). The highest BCUT2D eigenvalue weighted by molar-refractivity contribution is 6.42. The monoisotopic (exact) mass is 403 g/mol. The van der Waals surface area contributed by atoms with E-state index in [-0.39, 0.29) is 22.6 Å². The lowest BCUT2D eigenvalue weighted by molar-refractivity contribution is 0.754. The van der Waals surface area contributed by atoms with Crippen molar-refractivity contribution in [2.24, 2.45) is 0 Å². The average molecular weight is 404 g/mol. The van der Waals surface area contributed by atoms with Crippen molar-refractivity contribution in [1.82, 2.24) is 14.5 Å². The van der Waals surface area contributed by atoms with Gasteiger partial charge in [0.2, 0.25) is 10.9 Å².